The van der Waals surface area contributed by atoms with Crippen LogP contribution in [0.25, 0.3) is 11.5 Å². The van der Waals surface area contributed by atoms with Gasteiger partial charge in [-0.3, -0.25) is 0 Å². The van der Waals surface area contributed by atoms with Crippen LogP contribution in [0.3, 0.4) is 0 Å². The third-order valence-electron chi connectivity index (χ3n) is 3.17. The molecule has 4 heteroatoms. The summed E-state index contributed by atoms with van der Waals surface area (Å²) in [6.45, 7) is 2.08. The Bertz CT molecular complexity index is 474. The van der Waals surface area contributed by atoms with E-state index in [1.54, 1.807) is 0 Å². The SMILES string of the molecule is c1ccc(-c2nc(C3CCNCC3)no2)cc1. The van der Waals surface area contributed by atoms with Gasteiger partial charge in [0.25, 0.3) is 5.89 Å². The highest BCUT2D eigenvalue weighted by Gasteiger charge is 2.20. The van der Waals surface area contributed by atoms with E-state index in [9.17, 15) is 0 Å². The number of nitrogens with one attached hydrogen (secondary N) is 1. The molecule has 2 heterocycles. The average Bonchev–Trinajstić information content (AvgIpc) is 2.90. The number of hydrogen-bond donors (Lipinski definition) is 1. The van der Waals surface area contributed by atoms with Crippen LogP contribution >= 0.6 is 0 Å². The van der Waals surface area contributed by atoms with Crippen molar-refractivity contribution in [2.75, 3.05) is 13.1 Å². The molecule has 1 aliphatic rings. The smallest absolute Gasteiger partial charge is 0.257 e. The molecule has 3 rings (SSSR count). The van der Waals surface area contributed by atoms with Crippen LogP contribution in [0.15, 0.2) is 34.9 Å². The van der Waals surface area contributed by atoms with E-state index in [2.05, 4.69) is 15.5 Å². The van der Waals surface area contributed by atoms with Crippen molar-refractivity contribution in [3.63, 3.8) is 0 Å². The molecule has 0 spiro atoms. The van der Waals surface area contributed by atoms with Crippen LogP contribution < -0.4 is 5.32 Å². The van der Waals surface area contributed by atoms with Crippen LogP contribution in [0.2, 0.25) is 0 Å². The summed E-state index contributed by atoms with van der Waals surface area (Å²) in [6.07, 6.45) is 2.18. The predicted molar refractivity (Wildman–Crippen MR) is 64.6 cm³/mol. The van der Waals surface area contributed by atoms with Crippen molar-refractivity contribution in [2.45, 2.75) is 18.8 Å². The average molecular weight is 229 g/mol. The zero-order chi connectivity index (χ0) is 11.5. The zero-order valence-corrected chi connectivity index (χ0v) is 9.60. The number of hydrogen-bond acceptors (Lipinski definition) is 4. The van der Waals surface area contributed by atoms with Gasteiger partial charge in [-0.15, -0.1) is 0 Å². The predicted octanol–water partition coefficient (Wildman–Crippen LogP) is 2.20. The monoisotopic (exact) mass is 229 g/mol. The van der Waals surface area contributed by atoms with Crippen molar-refractivity contribution in [1.29, 1.82) is 0 Å². The molecule has 2 aromatic rings. The van der Waals surface area contributed by atoms with Crippen molar-refractivity contribution >= 4 is 0 Å². The van der Waals surface area contributed by atoms with Gasteiger partial charge < -0.3 is 9.84 Å². The van der Waals surface area contributed by atoms with Gasteiger partial charge in [-0.2, -0.15) is 4.98 Å². The summed E-state index contributed by atoms with van der Waals surface area (Å²) in [6, 6.07) is 9.90. The Morgan fingerprint density at radius 2 is 1.88 bits per heavy atom. The number of aromatic nitrogens is 2. The topological polar surface area (TPSA) is 51.0 Å². The fraction of sp³-hybridized carbons (Fsp3) is 0.385. The number of rotatable bonds is 2. The van der Waals surface area contributed by atoms with Crippen LogP contribution in [-0.2, 0) is 0 Å². The highest BCUT2D eigenvalue weighted by Crippen LogP contribution is 2.25. The van der Waals surface area contributed by atoms with Crippen molar-refractivity contribution in [1.82, 2.24) is 15.5 Å². The van der Waals surface area contributed by atoms with Crippen LogP contribution in [-0.4, -0.2) is 23.2 Å². The first-order valence-electron chi connectivity index (χ1n) is 6.03. The molecule has 0 atom stereocenters. The minimum atomic E-state index is 0.442. The molecular formula is C13H15N3O. The van der Waals surface area contributed by atoms with Gasteiger partial charge in [-0.1, -0.05) is 23.4 Å². The van der Waals surface area contributed by atoms with Crippen LogP contribution in [0.4, 0.5) is 0 Å². The molecule has 0 saturated carbocycles. The highest BCUT2D eigenvalue weighted by atomic mass is 16.5. The third kappa shape index (κ3) is 2.22. The first-order chi connectivity index (χ1) is 8.43. The Morgan fingerprint density at radius 3 is 2.65 bits per heavy atom. The highest BCUT2D eigenvalue weighted by molar-refractivity contribution is 5.52. The van der Waals surface area contributed by atoms with Crippen LogP contribution in [0, 0.1) is 0 Å². The Morgan fingerprint density at radius 1 is 1.12 bits per heavy atom. The van der Waals surface area contributed by atoms with Crippen LogP contribution in [0.1, 0.15) is 24.6 Å². The minimum absolute atomic E-state index is 0.442. The lowest BCUT2D eigenvalue weighted by atomic mass is 9.98. The van der Waals surface area contributed by atoms with Gasteiger partial charge in [-0.25, -0.2) is 0 Å². The molecule has 1 aromatic carbocycles. The molecule has 17 heavy (non-hydrogen) atoms. The van der Waals surface area contributed by atoms with Gasteiger partial charge in [0.05, 0.1) is 0 Å². The van der Waals surface area contributed by atoms with Gasteiger partial charge in [0, 0.05) is 11.5 Å². The van der Waals surface area contributed by atoms with Gasteiger partial charge in [0.1, 0.15) is 0 Å². The lowest BCUT2D eigenvalue weighted by Crippen LogP contribution is -2.27. The summed E-state index contributed by atoms with van der Waals surface area (Å²) in [5.74, 6) is 1.92. The van der Waals surface area contributed by atoms with Crippen molar-refractivity contribution < 1.29 is 4.52 Å². The fourth-order valence-electron chi connectivity index (χ4n) is 2.18. The van der Waals surface area contributed by atoms with Crippen molar-refractivity contribution in [3.05, 3.63) is 36.2 Å². The van der Waals surface area contributed by atoms with Gasteiger partial charge >= 0.3 is 0 Å². The van der Waals surface area contributed by atoms with E-state index in [0.29, 0.717) is 11.8 Å². The number of benzene rings is 1. The summed E-state index contributed by atoms with van der Waals surface area (Å²) < 4.78 is 5.32. The Hall–Kier alpha value is -1.68. The van der Waals surface area contributed by atoms with E-state index in [0.717, 1.165) is 37.3 Å². The maximum Gasteiger partial charge on any atom is 0.257 e. The van der Waals surface area contributed by atoms with Gasteiger partial charge in [0.2, 0.25) is 0 Å². The molecule has 1 aromatic heterocycles. The minimum Gasteiger partial charge on any atom is -0.334 e. The Kier molecular flexibility index (Phi) is 2.88. The fourth-order valence-corrected chi connectivity index (χ4v) is 2.18. The molecule has 0 amide bonds. The summed E-state index contributed by atoms with van der Waals surface area (Å²) in [5, 5.41) is 7.44. The molecule has 1 N–H and O–H groups in total. The molecule has 1 aliphatic heterocycles. The van der Waals surface area contributed by atoms with E-state index in [-0.39, 0.29) is 0 Å². The number of nitrogens with zero attached hydrogens (tertiary/aromatic N) is 2. The molecular weight excluding hydrogens is 214 g/mol. The molecule has 0 unspecified atom stereocenters. The zero-order valence-electron chi connectivity index (χ0n) is 9.60. The Balaban J connectivity index is 1.83. The Labute approximate surface area is 100 Å². The second kappa shape index (κ2) is 4.67. The lowest BCUT2D eigenvalue weighted by Gasteiger charge is -2.18. The molecule has 1 fully saturated rings. The van der Waals surface area contributed by atoms with E-state index in [1.165, 1.54) is 0 Å². The second-order valence-corrected chi connectivity index (χ2v) is 4.35. The van der Waals surface area contributed by atoms with Crippen molar-refractivity contribution in [2.24, 2.45) is 0 Å². The summed E-state index contributed by atoms with van der Waals surface area (Å²) in [5.41, 5.74) is 0.986. The normalized spacial score (nSPS) is 17.2. The van der Waals surface area contributed by atoms with E-state index >= 15 is 0 Å². The van der Waals surface area contributed by atoms with Gasteiger partial charge in [0.15, 0.2) is 5.82 Å². The molecule has 1 saturated heterocycles. The van der Waals surface area contributed by atoms with Crippen molar-refractivity contribution in [3.8, 4) is 11.5 Å². The first kappa shape index (κ1) is 10.5. The third-order valence-corrected chi connectivity index (χ3v) is 3.17. The lowest BCUT2D eigenvalue weighted by molar-refractivity contribution is 0.392. The quantitative estimate of drug-likeness (QED) is 0.857. The van der Waals surface area contributed by atoms with E-state index in [1.807, 2.05) is 30.3 Å². The molecule has 0 radical (unpaired) electrons. The molecule has 0 bridgehead atoms. The van der Waals surface area contributed by atoms with E-state index in [4.69, 9.17) is 4.52 Å². The maximum absolute atomic E-state index is 5.32. The summed E-state index contributed by atoms with van der Waals surface area (Å²) in [7, 11) is 0. The largest absolute Gasteiger partial charge is 0.334 e. The number of piperidine rings is 1. The molecule has 4 nitrogen and oxygen atoms in total. The standard InChI is InChI=1S/C13H15N3O/c1-2-4-11(5-3-1)13-15-12(16-17-13)10-6-8-14-9-7-10/h1-5,10,14H,6-9H2. The van der Waals surface area contributed by atoms with E-state index < -0.39 is 0 Å². The second-order valence-electron chi connectivity index (χ2n) is 4.35. The maximum atomic E-state index is 5.32. The van der Waals surface area contributed by atoms with Crippen LogP contribution in [0.5, 0.6) is 0 Å². The summed E-state index contributed by atoms with van der Waals surface area (Å²) >= 11 is 0. The van der Waals surface area contributed by atoms with Gasteiger partial charge in [-0.05, 0) is 38.1 Å². The summed E-state index contributed by atoms with van der Waals surface area (Å²) in [4.78, 5) is 4.50. The first-order valence-corrected chi connectivity index (χ1v) is 6.03. The molecule has 88 valence electrons. The molecule has 0 aliphatic carbocycles.